The predicted octanol–water partition coefficient (Wildman–Crippen LogP) is -1.85. The van der Waals surface area contributed by atoms with E-state index >= 15 is 0 Å². The van der Waals surface area contributed by atoms with Crippen LogP contribution in [0.25, 0.3) is 0 Å². The van der Waals surface area contributed by atoms with Gasteiger partial charge in [-0.05, 0) is 6.42 Å². The van der Waals surface area contributed by atoms with Gasteiger partial charge in [0.05, 0.1) is 11.5 Å². The SMILES string of the molecule is NC(=O)CCNC(=O)N(CC(=O)O)C1CCS(=O)(=O)C1. The molecule has 0 radical (unpaired) electrons. The highest BCUT2D eigenvalue weighted by molar-refractivity contribution is 7.91. The van der Waals surface area contributed by atoms with E-state index in [4.69, 9.17) is 10.8 Å². The van der Waals surface area contributed by atoms with Crippen LogP contribution < -0.4 is 11.1 Å². The molecule has 1 unspecified atom stereocenters. The summed E-state index contributed by atoms with van der Waals surface area (Å²) in [6, 6.07) is -1.37. The molecule has 3 amide bonds. The molecule has 114 valence electrons. The fourth-order valence-electron chi connectivity index (χ4n) is 1.93. The Kier molecular flexibility index (Phi) is 5.31. The van der Waals surface area contributed by atoms with Crippen LogP contribution in [0, 0.1) is 0 Å². The molecule has 1 fully saturated rings. The number of sulfone groups is 1. The van der Waals surface area contributed by atoms with Crippen molar-refractivity contribution in [3.05, 3.63) is 0 Å². The number of nitrogens with one attached hydrogen (secondary N) is 1. The molecule has 1 atom stereocenters. The number of nitrogens with zero attached hydrogens (tertiary/aromatic N) is 1. The number of hydrogen-bond acceptors (Lipinski definition) is 5. The van der Waals surface area contributed by atoms with Gasteiger partial charge in [0, 0.05) is 19.0 Å². The summed E-state index contributed by atoms with van der Waals surface area (Å²) in [5, 5.41) is 11.1. The molecule has 1 heterocycles. The average molecular weight is 307 g/mol. The Hall–Kier alpha value is -1.84. The molecule has 0 aliphatic carbocycles. The molecular weight excluding hydrogens is 290 g/mol. The summed E-state index contributed by atoms with van der Waals surface area (Å²) in [4.78, 5) is 34.2. The highest BCUT2D eigenvalue weighted by Crippen LogP contribution is 2.17. The normalized spacial score (nSPS) is 20.3. The molecule has 1 rings (SSSR count). The second-order valence-corrected chi connectivity index (χ2v) is 6.76. The van der Waals surface area contributed by atoms with E-state index in [2.05, 4.69) is 5.32 Å². The average Bonchev–Trinajstić information content (AvgIpc) is 2.65. The summed E-state index contributed by atoms with van der Waals surface area (Å²) in [6.07, 6.45) is 0.133. The number of carbonyl (C=O) groups is 3. The predicted molar refractivity (Wildman–Crippen MR) is 68.6 cm³/mol. The van der Waals surface area contributed by atoms with Gasteiger partial charge >= 0.3 is 12.0 Å². The van der Waals surface area contributed by atoms with Crippen molar-refractivity contribution in [3.8, 4) is 0 Å². The van der Waals surface area contributed by atoms with E-state index in [1.165, 1.54) is 0 Å². The summed E-state index contributed by atoms with van der Waals surface area (Å²) in [6.45, 7) is -0.619. The Morgan fingerprint density at radius 3 is 2.45 bits per heavy atom. The van der Waals surface area contributed by atoms with Crippen LogP contribution in [0.2, 0.25) is 0 Å². The van der Waals surface area contributed by atoms with Crippen LogP contribution in [0.1, 0.15) is 12.8 Å². The second kappa shape index (κ2) is 6.55. The van der Waals surface area contributed by atoms with E-state index in [0.717, 1.165) is 4.90 Å². The van der Waals surface area contributed by atoms with E-state index in [1.807, 2.05) is 0 Å². The van der Waals surface area contributed by atoms with Gasteiger partial charge in [-0.2, -0.15) is 0 Å². The molecule has 0 spiro atoms. The summed E-state index contributed by atoms with van der Waals surface area (Å²) in [7, 11) is -3.23. The van der Waals surface area contributed by atoms with E-state index in [-0.39, 0.29) is 30.9 Å². The van der Waals surface area contributed by atoms with Crippen molar-refractivity contribution in [2.45, 2.75) is 18.9 Å². The number of aliphatic carboxylic acids is 1. The quantitative estimate of drug-likeness (QED) is 0.524. The van der Waals surface area contributed by atoms with Crippen LogP contribution >= 0.6 is 0 Å². The van der Waals surface area contributed by atoms with Gasteiger partial charge in [-0.15, -0.1) is 0 Å². The second-order valence-electron chi connectivity index (χ2n) is 4.53. The van der Waals surface area contributed by atoms with Crippen LogP contribution in [0.4, 0.5) is 4.79 Å². The Bertz CT molecular complexity index is 503. The zero-order chi connectivity index (χ0) is 15.3. The van der Waals surface area contributed by atoms with E-state index in [1.54, 1.807) is 0 Å². The number of nitrogens with two attached hydrogens (primary N) is 1. The topological polar surface area (TPSA) is 147 Å². The summed E-state index contributed by atoms with van der Waals surface area (Å²) < 4.78 is 22.8. The fourth-order valence-corrected chi connectivity index (χ4v) is 3.66. The van der Waals surface area contributed by atoms with Crippen molar-refractivity contribution in [1.82, 2.24) is 10.2 Å². The molecule has 0 bridgehead atoms. The lowest BCUT2D eigenvalue weighted by Crippen LogP contribution is -2.49. The molecule has 1 aliphatic rings. The van der Waals surface area contributed by atoms with Crippen LogP contribution in [0.15, 0.2) is 0 Å². The molecule has 0 aromatic rings. The van der Waals surface area contributed by atoms with Crippen molar-refractivity contribution in [1.29, 1.82) is 0 Å². The van der Waals surface area contributed by atoms with Gasteiger partial charge in [0.2, 0.25) is 5.91 Å². The Morgan fingerprint density at radius 2 is 2.00 bits per heavy atom. The van der Waals surface area contributed by atoms with Gasteiger partial charge in [-0.3, -0.25) is 9.59 Å². The first kappa shape index (κ1) is 16.2. The molecular formula is C10H17N3O6S. The number of hydrogen-bond donors (Lipinski definition) is 3. The number of carboxylic acid groups (broad SMARTS) is 1. The lowest BCUT2D eigenvalue weighted by atomic mass is 10.2. The third kappa shape index (κ3) is 5.03. The number of primary amides is 1. The Morgan fingerprint density at radius 1 is 1.35 bits per heavy atom. The van der Waals surface area contributed by atoms with Crippen LogP contribution in [0.5, 0.6) is 0 Å². The number of carbonyl (C=O) groups excluding carboxylic acids is 2. The largest absolute Gasteiger partial charge is 0.480 e. The first-order chi connectivity index (χ1) is 9.21. The molecule has 1 aliphatic heterocycles. The minimum Gasteiger partial charge on any atom is -0.480 e. The Balaban J connectivity index is 2.66. The van der Waals surface area contributed by atoms with Crippen LogP contribution in [-0.4, -0.2) is 67.0 Å². The number of rotatable bonds is 6. The standard InChI is InChI=1S/C10H17N3O6S/c11-8(14)1-3-12-10(17)13(5-9(15)16)7-2-4-20(18,19)6-7/h7H,1-6H2,(H2,11,14)(H,12,17)(H,15,16). The molecule has 9 nitrogen and oxygen atoms in total. The summed E-state index contributed by atoms with van der Waals surface area (Å²) in [5.41, 5.74) is 4.92. The van der Waals surface area contributed by atoms with Crippen molar-refractivity contribution >= 4 is 27.7 Å². The maximum Gasteiger partial charge on any atom is 0.323 e. The fraction of sp³-hybridized carbons (Fsp3) is 0.700. The van der Waals surface area contributed by atoms with Crippen molar-refractivity contribution in [2.24, 2.45) is 5.73 Å². The van der Waals surface area contributed by atoms with Gasteiger partial charge in [0.25, 0.3) is 0 Å². The molecule has 10 heteroatoms. The third-order valence-corrected chi connectivity index (χ3v) is 4.61. The monoisotopic (exact) mass is 307 g/mol. The molecule has 0 aromatic carbocycles. The van der Waals surface area contributed by atoms with Crippen LogP contribution in [0.3, 0.4) is 0 Å². The zero-order valence-electron chi connectivity index (χ0n) is 10.7. The van der Waals surface area contributed by atoms with Crippen molar-refractivity contribution in [3.63, 3.8) is 0 Å². The van der Waals surface area contributed by atoms with Crippen molar-refractivity contribution in [2.75, 3.05) is 24.6 Å². The minimum atomic E-state index is -3.23. The number of urea groups is 1. The minimum absolute atomic E-state index is 0.0241. The van der Waals surface area contributed by atoms with Crippen molar-refractivity contribution < 1.29 is 27.9 Å². The van der Waals surface area contributed by atoms with Gasteiger partial charge in [0.15, 0.2) is 9.84 Å². The maximum absolute atomic E-state index is 11.9. The van der Waals surface area contributed by atoms with E-state index in [0.29, 0.717) is 0 Å². The highest BCUT2D eigenvalue weighted by Gasteiger charge is 2.35. The highest BCUT2D eigenvalue weighted by atomic mass is 32.2. The Labute approximate surface area is 116 Å². The maximum atomic E-state index is 11.9. The van der Waals surface area contributed by atoms with Gasteiger partial charge in [-0.25, -0.2) is 13.2 Å². The first-order valence-electron chi connectivity index (χ1n) is 5.96. The summed E-state index contributed by atoms with van der Waals surface area (Å²) >= 11 is 0. The lowest BCUT2D eigenvalue weighted by molar-refractivity contribution is -0.138. The van der Waals surface area contributed by atoms with E-state index in [9.17, 15) is 22.8 Å². The van der Waals surface area contributed by atoms with Gasteiger partial charge in [-0.1, -0.05) is 0 Å². The van der Waals surface area contributed by atoms with Gasteiger partial charge in [0.1, 0.15) is 6.54 Å². The lowest BCUT2D eigenvalue weighted by Gasteiger charge is -2.26. The molecule has 1 saturated heterocycles. The summed E-state index contributed by atoms with van der Waals surface area (Å²) in [5.74, 6) is -2.15. The molecule has 0 saturated carbocycles. The molecule has 0 aromatic heterocycles. The third-order valence-electron chi connectivity index (χ3n) is 2.86. The number of amides is 3. The smallest absolute Gasteiger partial charge is 0.323 e. The van der Waals surface area contributed by atoms with Crippen LogP contribution in [-0.2, 0) is 19.4 Å². The first-order valence-corrected chi connectivity index (χ1v) is 7.78. The van der Waals surface area contributed by atoms with Gasteiger partial charge < -0.3 is 21.1 Å². The number of carboxylic acids is 1. The van der Waals surface area contributed by atoms with E-state index < -0.39 is 40.3 Å². The zero-order valence-corrected chi connectivity index (χ0v) is 11.6. The molecule has 4 N–H and O–H groups in total. The molecule has 20 heavy (non-hydrogen) atoms.